The molecule has 2 N–H and O–H groups in total. The summed E-state index contributed by atoms with van der Waals surface area (Å²) >= 11 is 0. The molecular weight excluding hydrogens is 328 g/mol. The average Bonchev–Trinajstić information content (AvgIpc) is 2.54. The highest BCUT2D eigenvalue weighted by Gasteiger charge is 2.20. The molecule has 23 heavy (non-hydrogen) atoms. The molecule has 10 heteroatoms. The molecule has 126 valence electrons. The standard InChI is InChI=1S/C13H16N2O7S/c16-12(17)9-22-14-23(19,20)11-3-1-10(2-4-11)13(18)15-5-7-21-8-6-15/h1-4,14H,5-9H2,(H,16,17). The van der Waals surface area contributed by atoms with Crippen LogP contribution in [0.2, 0.25) is 0 Å². The molecule has 1 aromatic carbocycles. The highest BCUT2D eigenvalue weighted by atomic mass is 32.2. The summed E-state index contributed by atoms with van der Waals surface area (Å²) in [7, 11) is -4.00. The zero-order chi connectivity index (χ0) is 16.9. The molecule has 0 spiro atoms. The number of benzene rings is 1. The van der Waals surface area contributed by atoms with E-state index in [0.717, 1.165) is 0 Å². The van der Waals surface area contributed by atoms with Gasteiger partial charge in [-0.1, -0.05) is 4.89 Å². The van der Waals surface area contributed by atoms with Crippen molar-refractivity contribution in [1.29, 1.82) is 0 Å². The Bertz CT molecular complexity index is 666. The number of carboxylic acids is 1. The van der Waals surface area contributed by atoms with Gasteiger partial charge < -0.3 is 14.7 Å². The van der Waals surface area contributed by atoms with Crippen LogP contribution in [0.4, 0.5) is 0 Å². The molecule has 0 atom stereocenters. The van der Waals surface area contributed by atoms with E-state index in [0.29, 0.717) is 31.9 Å². The Hall–Kier alpha value is -2.01. The van der Waals surface area contributed by atoms with E-state index in [4.69, 9.17) is 9.84 Å². The van der Waals surface area contributed by atoms with Crippen LogP contribution in [0, 0.1) is 0 Å². The van der Waals surface area contributed by atoms with Gasteiger partial charge in [0.2, 0.25) is 0 Å². The van der Waals surface area contributed by atoms with E-state index in [1.807, 2.05) is 0 Å². The Morgan fingerprint density at radius 2 is 1.83 bits per heavy atom. The predicted molar refractivity (Wildman–Crippen MR) is 77.1 cm³/mol. The first-order chi connectivity index (χ1) is 10.9. The summed E-state index contributed by atoms with van der Waals surface area (Å²) < 4.78 is 28.9. The van der Waals surface area contributed by atoms with Crippen molar-refractivity contribution >= 4 is 21.9 Å². The van der Waals surface area contributed by atoms with Gasteiger partial charge >= 0.3 is 5.97 Å². The van der Waals surface area contributed by atoms with Gasteiger partial charge in [0.05, 0.1) is 18.1 Å². The van der Waals surface area contributed by atoms with Crippen molar-refractivity contribution in [3.8, 4) is 0 Å². The molecule has 1 aliphatic heterocycles. The Morgan fingerprint density at radius 3 is 2.39 bits per heavy atom. The van der Waals surface area contributed by atoms with Crippen molar-refractivity contribution in [3.05, 3.63) is 29.8 Å². The average molecular weight is 344 g/mol. The molecule has 0 unspecified atom stereocenters. The van der Waals surface area contributed by atoms with Crippen molar-refractivity contribution in [1.82, 2.24) is 9.79 Å². The monoisotopic (exact) mass is 344 g/mol. The van der Waals surface area contributed by atoms with Crippen molar-refractivity contribution in [2.24, 2.45) is 0 Å². The summed E-state index contributed by atoms with van der Waals surface area (Å²) in [5.74, 6) is -1.51. The fourth-order valence-corrected chi connectivity index (χ4v) is 2.75. The molecule has 1 aliphatic rings. The molecule has 0 bridgehead atoms. The molecule has 0 radical (unpaired) electrons. The second kappa shape index (κ2) is 7.51. The second-order valence-corrected chi connectivity index (χ2v) is 6.34. The largest absolute Gasteiger partial charge is 0.479 e. The lowest BCUT2D eigenvalue weighted by atomic mass is 10.2. The van der Waals surface area contributed by atoms with Crippen LogP contribution in [0.25, 0.3) is 0 Å². The summed E-state index contributed by atoms with van der Waals surface area (Å²) in [6.45, 7) is 1.13. The van der Waals surface area contributed by atoms with Crippen LogP contribution in [-0.2, 0) is 24.4 Å². The first kappa shape index (κ1) is 17.3. The molecule has 2 rings (SSSR count). The van der Waals surface area contributed by atoms with Gasteiger partial charge in [0.25, 0.3) is 15.9 Å². The maximum atomic E-state index is 12.2. The molecule has 0 saturated carbocycles. The minimum absolute atomic E-state index is 0.138. The lowest BCUT2D eigenvalue weighted by Gasteiger charge is -2.26. The van der Waals surface area contributed by atoms with Crippen LogP contribution in [0.5, 0.6) is 0 Å². The van der Waals surface area contributed by atoms with Crippen molar-refractivity contribution in [2.75, 3.05) is 32.9 Å². The Labute approximate surface area is 132 Å². The first-order valence-electron chi connectivity index (χ1n) is 6.72. The first-order valence-corrected chi connectivity index (χ1v) is 8.21. The number of rotatable bonds is 6. The molecular formula is C13H16N2O7S. The van der Waals surface area contributed by atoms with Gasteiger partial charge in [0.1, 0.15) is 0 Å². The Kier molecular flexibility index (Phi) is 5.66. The molecule has 1 heterocycles. The van der Waals surface area contributed by atoms with E-state index < -0.39 is 22.6 Å². The number of morpholine rings is 1. The van der Waals surface area contributed by atoms with Gasteiger partial charge in [-0.15, -0.1) is 0 Å². The molecule has 0 aromatic heterocycles. The smallest absolute Gasteiger partial charge is 0.331 e. The van der Waals surface area contributed by atoms with Crippen molar-refractivity contribution < 1.29 is 32.7 Å². The third-order valence-corrected chi connectivity index (χ3v) is 4.30. The number of hydrogen-bond donors (Lipinski definition) is 2. The second-order valence-electron chi connectivity index (χ2n) is 4.70. The van der Waals surface area contributed by atoms with Gasteiger partial charge in [-0.25, -0.2) is 13.2 Å². The van der Waals surface area contributed by atoms with E-state index in [-0.39, 0.29) is 10.8 Å². The zero-order valence-corrected chi connectivity index (χ0v) is 12.9. The Balaban J connectivity index is 2.03. The van der Waals surface area contributed by atoms with Crippen LogP contribution < -0.4 is 4.89 Å². The summed E-state index contributed by atoms with van der Waals surface area (Å²) in [6.07, 6.45) is 0. The minimum atomic E-state index is -4.00. The maximum absolute atomic E-state index is 12.2. The molecule has 9 nitrogen and oxygen atoms in total. The number of nitrogens with zero attached hydrogens (tertiary/aromatic N) is 1. The number of hydrogen-bond acceptors (Lipinski definition) is 6. The number of amides is 1. The number of carboxylic acid groups (broad SMARTS) is 1. The van der Waals surface area contributed by atoms with Gasteiger partial charge in [-0.05, 0) is 24.3 Å². The topological polar surface area (TPSA) is 122 Å². The van der Waals surface area contributed by atoms with Crippen LogP contribution in [0.1, 0.15) is 10.4 Å². The van der Waals surface area contributed by atoms with E-state index in [1.54, 1.807) is 9.79 Å². The van der Waals surface area contributed by atoms with Crippen molar-refractivity contribution in [2.45, 2.75) is 4.90 Å². The van der Waals surface area contributed by atoms with Gasteiger partial charge in [-0.3, -0.25) is 9.63 Å². The quantitative estimate of drug-likeness (QED) is 0.664. The fourth-order valence-electron chi connectivity index (χ4n) is 1.94. The van der Waals surface area contributed by atoms with Crippen molar-refractivity contribution in [3.63, 3.8) is 0 Å². The molecule has 0 aliphatic carbocycles. The number of carbonyl (C=O) groups is 2. The predicted octanol–water partition coefficient (Wildman–Crippen LogP) is -0.546. The molecule has 1 amide bonds. The van der Waals surface area contributed by atoms with Crippen LogP contribution in [0.3, 0.4) is 0 Å². The zero-order valence-electron chi connectivity index (χ0n) is 12.1. The SMILES string of the molecule is O=C(O)CONS(=O)(=O)c1ccc(C(=O)N2CCOCC2)cc1. The molecule has 1 saturated heterocycles. The van der Waals surface area contributed by atoms with E-state index in [9.17, 15) is 18.0 Å². The van der Waals surface area contributed by atoms with Crippen LogP contribution >= 0.6 is 0 Å². The van der Waals surface area contributed by atoms with E-state index in [2.05, 4.69) is 4.84 Å². The Morgan fingerprint density at radius 1 is 1.22 bits per heavy atom. The highest BCUT2D eigenvalue weighted by molar-refractivity contribution is 7.89. The van der Waals surface area contributed by atoms with Crippen LogP contribution in [0.15, 0.2) is 29.2 Å². The third kappa shape index (κ3) is 4.73. The normalized spacial score (nSPS) is 15.4. The highest BCUT2D eigenvalue weighted by Crippen LogP contribution is 2.13. The number of nitrogens with one attached hydrogen (secondary N) is 1. The van der Waals surface area contributed by atoms with E-state index in [1.165, 1.54) is 24.3 Å². The summed E-state index contributed by atoms with van der Waals surface area (Å²) in [5.41, 5.74) is 0.359. The number of carbonyl (C=O) groups excluding carboxylic acids is 1. The summed E-state index contributed by atoms with van der Waals surface area (Å²) in [4.78, 5) is 30.1. The number of aliphatic carboxylic acids is 1. The lowest BCUT2D eigenvalue weighted by molar-refractivity contribution is -0.143. The van der Waals surface area contributed by atoms with E-state index >= 15 is 0 Å². The van der Waals surface area contributed by atoms with Crippen LogP contribution in [-0.4, -0.2) is 63.2 Å². The summed E-state index contributed by atoms with van der Waals surface area (Å²) in [6, 6.07) is 5.29. The minimum Gasteiger partial charge on any atom is -0.479 e. The maximum Gasteiger partial charge on any atom is 0.331 e. The lowest BCUT2D eigenvalue weighted by Crippen LogP contribution is -2.40. The van der Waals surface area contributed by atoms with Gasteiger partial charge in [0, 0.05) is 18.7 Å². The van der Waals surface area contributed by atoms with Gasteiger partial charge in [-0.2, -0.15) is 0 Å². The molecule has 1 aromatic rings. The third-order valence-electron chi connectivity index (χ3n) is 3.07. The number of ether oxygens (including phenoxy) is 1. The number of sulfonamides is 1. The fraction of sp³-hybridized carbons (Fsp3) is 0.385. The van der Waals surface area contributed by atoms with Gasteiger partial charge in [0.15, 0.2) is 6.61 Å². The molecule has 1 fully saturated rings. The summed E-state index contributed by atoms with van der Waals surface area (Å²) in [5, 5.41) is 8.39.